The van der Waals surface area contributed by atoms with Crippen LogP contribution in [0.1, 0.15) is 0 Å². The Morgan fingerprint density at radius 1 is 0.196 bits per heavy atom. The van der Waals surface area contributed by atoms with Crippen molar-refractivity contribution in [2.75, 3.05) is 0 Å². The van der Waals surface area contributed by atoms with Crippen molar-refractivity contribution in [2.45, 2.75) is 90.3 Å². The molecule has 1 nitrogen and oxygen atoms in total. The number of hydrogen-bond donors (Lipinski definition) is 0. The van der Waals surface area contributed by atoms with Crippen LogP contribution in [-0.2, 0) is 0 Å². The summed E-state index contributed by atoms with van der Waals surface area (Å²) < 4.78 is 439. The van der Waals surface area contributed by atoms with E-state index in [0.717, 1.165) is 0 Å². The van der Waals surface area contributed by atoms with Gasteiger partial charge in [-0.1, -0.05) is 0 Å². The van der Waals surface area contributed by atoms with E-state index in [1.54, 1.807) is 0 Å². The molecule has 310 valence electrons. The van der Waals surface area contributed by atoms with Crippen molar-refractivity contribution in [3.05, 3.63) is 0 Å². The molecular formula is C15ClF34N. The van der Waals surface area contributed by atoms with Crippen molar-refractivity contribution < 1.29 is 166 Å². The quantitative estimate of drug-likeness (QED) is 0.113. The molecule has 0 N–H and O–H groups in total. The molecule has 0 aromatic rings. The Labute approximate surface area is 258 Å². The molecule has 51 heavy (non-hydrogen) atoms. The lowest BCUT2D eigenvalue weighted by Gasteiger charge is -2.48. The smallest absolute Gasteiger partial charge is 0.581 e. The summed E-state index contributed by atoms with van der Waals surface area (Å²) in [6.07, 6.45) is -36.6. The van der Waals surface area contributed by atoms with Gasteiger partial charge in [-0.25, -0.2) is 0 Å². The first kappa shape index (κ1) is 51.0. The number of alkyl halides is 34. The van der Waals surface area contributed by atoms with Crippen LogP contribution in [0.25, 0.3) is 0 Å². The van der Waals surface area contributed by atoms with Crippen LogP contribution in [0, 0.1) is 0 Å². The van der Waals surface area contributed by atoms with Gasteiger partial charge in [0.1, 0.15) is 0 Å². The lowest BCUT2D eigenvalue weighted by atomic mass is 9.85. The minimum Gasteiger partial charge on any atom is -1.00 e. The third-order valence-corrected chi connectivity index (χ3v) is 5.85. The molecule has 0 aromatic heterocycles. The SMILES string of the molecule is FC(F)(F)C(F)(F)C(F)(F)C(F)(F)C(F)(F)C(F)(F)C(F)(F)C(F)(F)C(F)(F)C(F)(F)C(F)(F)C(F)(F)[N+](C(F)(F)F)(C(F)(F)F)C(F)(F)F.[Cl-]. The fourth-order valence-electron chi connectivity index (χ4n) is 3.06. The first-order valence-corrected chi connectivity index (χ1v) is 10.1. The molecule has 0 aliphatic heterocycles. The van der Waals surface area contributed by atoms with Gasteiger partial charge >= 0.3 is 90.3 Å². The third-order valence-electron chi connectivity index (χ3n) is 5.85. The van der Waals surface area contributed by atoms with Gasteiger partial charge in [0.15, 0.2) is 0 Å². The van der Waals surface area contributed by atoms with Gasteiger partial charge in [-0.2, -0.15) is 101 Å². The largest absolute Gasteiger partial charge is 1.00 e. The van der Waals surface area contributed by atoms with Crippen LogP contribution >= 0.6 is 0 Å². The van der Waals surface area contributed by atoms with E-state index in [1.807, 2.05) is 0 Å². The molecule has 0 saturated heterocycles. The van der Waals surface area contributed by atoms with Crippen molar-refractivity contribution in [2.24, 2.45) is 0 Å². The highest BCUT2D eigenvalue weighted by molar-refractivity contribution is 5.19. The van der Waals surface area contributed by atoms with Crippen molar-refractivity contribution >= 4 is 0 Å². The number of rotatable bonds is 11. The molecule has 0 bridgehead atoms. The van der Waals surface area contributed by atoms with E-state index in [-0.39, 0.29) is 12.4 Å². The Morgan fingerprint density at radius 3 is 0.471 bits per heavy atom. The Hall–Kier alpha value is -2.13. The van der Waals surface area contributed by atoms with Crippen molar-refractivity contribution in [3.63, 3.8) is 0 Å². The fraction of sp³-hybridized carbons (Fsp3) is 1.00. The molecular weight excluding hydrogens is 876 g/mol. The minimum absolute atomic E-state index is 0. The summed E-state index contributed by atoms with van der Waals surface area (Å²) >= 11 is 0. The predicted octanol–water partition coefficient (Wildman–Crippen LogP) is 7.87. The number of hydrogen-bond acceptors (Lipinski definition) is 0. The van der Waals surface area contributed by atoms with E-state index < -0.39 is 94.8 Å². The maximum Gasteiger partial charge on any atom is 0.581 e. The molecule has 0 fully saturated rings. The van der Waals surface area contributed by atoms with E-state index in [0.29, 0.717) is 0 Å². The number of quaternary nitrogens is 1. The van der Waals surface area contributed by atoms with Crippen LogP contribution in [0.3, 0.4) is 0 Å². The van der Waals surface area contributed by atoms with Gasteiger partial charge in [-0.15, -0.1) is 48.3 Å². The second-order valence-corrected chi connectivity index (χ2v) is 8.86. The zero-order valence-electron chi connectivity index (χ0n) is 21.2. The lowest BCUT2D eigenvalue weighted by molar-refractivity contribution is -1.22. The van der Waals surface area contributed by atoms with Crippen LogP contribution in [0.15, 0.2) is 0 Å². The second-order valence-electron chi connectivity index (χ2n) is 8.86. The van der Waals surface area contributed by atoms with Gasteiger partial charge < -0.3 is 12.4 Å². The molecule has 0 aromatic carbocycles. The highest BCUT2D eigenvalue weighted by Crippen LogP contribution is 2.70. The summed E-state index contributed by atoms with van der Waals surface area (Å²) in [5.41, 5.74) is 0. The lowest BCUT2D eigenvalue weighted by Crippen LogP contribution is -3.00. The maximum atomic E-state index is 13.8. The van der Waals surface area contributed by atoms with Gasteiger partial charge in [0.25, 0.3) is 0 Å². The van der Waals surface area contributed by atoms with E-state index >= 15 is 0 Å². The topological polar surface area (TPSA) is 0 Å². The summed E-state index contributed by atoms with van der Waals surface area (Å²) in [5.74, 6) is -100.0. The van der Waals surface area contributed by atoms with Gasteiger partial charge in [0.2, 0.25) is 0 Å². The van der Waals surface area contributed by atoms with Crippen molar-refractivity contribution in [1.82, 2.24) is 0 Å². The molecule has 36 heteroatoms. The second kappa shape index (κ2) is 11.9. The van der Waals surface area contributed by atoms with Crippen LogP contribution in [0.5, 0.6) is 0 Å². The Bertz CT molecular complexity index is 1200. The van der Waals surface area contributed by atoms with E-state index in [4.69, 9.17) is 0 Å². The molecule has 0 amide bonds. The molecule has 0 heterocycles. The maximum absolute atomic E-state index is 13.8. The molecule has 0 aliphatic carbocycles. The molecule has 0 radical (unpaired) electrons. The molecule has 0 saturated carbocycles. The summed E-state index contributed by atoms with van der Waals surface area (Å²) in [7, 11) is 0. The third kappa shape index (κ3) is 5.71. The van der Waals surface area contributed by atoms with Crippen molar-refractivity contribution in [3.8, 4) is 0 Å². The highest BCUT2D eigenvalue weighted by atomic mass is 35.5. The fourth-order valence-corrected chi connectivity index (χ4v) is 3.06. The van der Waals surface area contributed by atoms with Crippen LogP contribution in [0.2, 0.25) is 0 Å². The Kier molecular flexibility index (Phi) is 11.9. The van der Waals surface area contributed by atoms with Crippen LogP contribution in [-0.4, -0.2) is 94.8 Å². The summed E-state index contributed by atoms with van der Waals surface area (Å²) in [5, 5.41) is 0. The molecule has 0 spiro atoms. The average Bonchev–Trinajstić information content (AvgIpc) is 2.78. The predicted molar refractivity (Wildman–Crippen MR) is 78.9 cm³/mol. The normalized spacial score (nSPS) is 17.1. The Balaban J connectivity index is 0. The van der Waals surface area contributed by atoms with E-state index in [9.17, 15) is 149 Å². The minimum atomic E-state index is -10.4. The van der Waals surface area contributed by atoms with Gasteiger partial charge in [0.05, 0.1) is 0 Å². The van der Waals surface area contributed by atoms with Crippen LogP contribution in [0.4, 0.5) is 149 Å². The molecule has 0 unspecified atom stereocenters. The molecule has 0 rings (SSSR count). The standard InChI is InChI=1S/C15F34N.ClH/c16-1(17,3(20,21)5(24,25)7(28,29)9(32,33)11(36,37)38)2(18,19)4(22,23)6(26,27)8(30,31)10(34,35)12(39,40)50(13(41,42)43,14(44,45)46)15(47,48)49;/h;1H/q+1;/p-1. The Morgan fingerprint density at radius 2 is 0.333 bits per heavy atom. The summed E-state index contributed by atoms with van der Waals surface area (Å²) in [4.78, 5) is 0. The van der Waals surface area contributed by atoms with E-state index in [1.165, 1.54) is 0 Å². The van der Waals surface area contributed by atoms with Crippen LogP contribution < -0.4 is 12.4 Å². The zero-order chi connectivity index (χ0) is 42.0. The molecule has 0 atom stereocenters. The van der Waals surface area contributed by atoms with E-state index in [2.05, 4.69) is 0 Å². The summed E-state index contributed by atoms with van der Waals surface area (Å²) in [6.45, 7) is 0. The summed E-state index contributed by atoms with van der Waals surface area (Å²) in [6, 6.07) is -10.4. The molecule has 0 aliphatic rings. The highest BCUT2D eigenvalue weighted by Gasteiger charge is 3.05. The van der Waals surface area contributed by atoms with Gasteiger partial charge in [0, 0.05) is 4.48 Å². The zero-order valence-corrected chi connectivity index (χ0v) is 21.9. The first-order valence-electron chi connectivity index (χ1n) is 10.1. The average molecular weight is 876 g/mol. The number of halogens is 35. The monoisotopic (exact) mass is 875 g/mol. The number of nitrogens with zero attached hydrogens (tertiary/aromatic N) is 1. The van der Waals surface area contributed by atoms with Crippen molar-refractivity contribution in [1.29, 1.82) is 0 Å². The van der Waals surface area contributed by atoms with Gasteiger partial charge in [-0.3, -0.25) is 0 Å². The first-order chi connectivity index (χ1) is 20.8. The van der Waals surface area contributed by atoms with Gasteiger partial charge in [-0.05, 0) is 0 Å².